The standard InChI is InChI=1S/C17H21NO2S/c1-21-13-9-7-12(8-10-13)17(20)18-11-3-5-15(18)14-4-2-6-16(14)19/h7-10,14-15H,2-6,11H2,1H3. The van der Waals surface area contributed by atoms with E-state index >= 15 is 0 Å². The minimum atomic E-state index is 0.0851. The van der Waals surface area contributed by atoms with Gasteiger partial charge in [0, 0.05) is 35.4 Å². The molecule has 3 rings (SSSR count). The lowest BCUT2D eigenvalue weighted by Gasteiger charge is -2.28. The molecule has 2 aliphatic rings. The van der Waals surface area contributed by atoms with E-state index in [1.165, 1.54) is 0 Å². The van der Waals surface area contributed by atoms with Gasteiger partial charge in [0.15, 0.2) is 0 Å². The van der Waals surface area contributed by atoms with Crippen molar-refractivity contribution in [2.75, 3.05) is 12.8 Å². The molecule has 1 saturated carbocycles. The van der Waals surface area contributed by atoms with Gasteiger partial charge in [-0.25, -0.2) is 0 Å². The average molecular weight is 303 g/mol. The first-order valence-electron chi connectivity index (χ1n) is 7.68. The van der Waals surface area contributed by atoms with Crippen LogP contribution in [0.25, 0.3) is 0 Å². The summed E-state index contributed by atoms with van der Waals surface area (Å²) < 4.78 is 0. The Morgan fingerprint density at radius 1 is 1.19 bits per heavy atom. The highest BCUT2D eigenvalue weighted by molar-refractivity contribution is 7.98. The Kier molecular flexibility index (Phi) is 4.34. The molecule has 1 aliphatic heterocycles. The van der Waals surface area contributed by atoms with E-state index in [9.17, 15) is 9.59 Å². The van der Waals surface area contributed by atoms with Crippen LogP contribution in [-0.2, 0) is 4.79 Å². The zero-order valence-corrected chi connectivity index (χ0v) is 13.2. The van der Waals surface area contributed by atoms with Crippen molar-refractivity contribution < 1.29 is 9.59 Å². The lowest BCUT2D eigenvalue weighted by Crippen LogP contribution is -2.41. The molecule has 1 aromatic carbocycles. The topological polar surface area (TPSA) is 37.4 Å². The molecule has 2 atom stereocenters. The Morgan fingerprint density at radius 2 is 1.95 bits per heavy atom. The van der Waals surface area contributed by atoms with Crippen LogP contribution in [0, 0.1) is 5.92 Å². The number of hydrogen-bond donors (Lipinski definition) is 0. The summed E-state index contributed by atoms with van der Waals surface area (Å²) in [5, 5.41) is 0. The number of amides is 1. The lowest BCUT2D eigenvalue weighted by molar-refractivity contribution is -0.121. The molecule has 1 aliphatic carbocycles. The third-order valence-corrected chi connectivity index (χ3v) is 5.46. The molecule has 1 amide bonds. The van der Waals surface area contributed by atoms with E-state index in [1.807, 2.05) is 35.4 Å². The normalized spacial score (nSPS) is 25.6. The van der Waals surface area contributed by atoms with Crippen molar-refractivity contribution in [1.82, 2.24) is 4.90 Å². The third kappa shape index (κ3) is 2.86. The molecule has 0 N–H and O–H groups in total. The summed E-state index contributed by atoms with van der Waals surface area (Å²) in [5.74, 6) is 0.532. The van der Waals surface area contributed by atoms with E-state index in [1.54, 1.807) is 11.8 Å². The molecule has 0 aromatic heterocycles. The zero-order valence-electron chi connectivity index (χ0n) is 12.4. The van der Waals surface area contributed by atoms with Crippen LogP contribution in [0.1, 0.15) is 42.5 Å². The van der Waals surface area contributed by atoms with E-state index < -0.39 is 0 Å². The van der Waals surface area contributed by atoms with Gasteiger partial charge in [-0.3, -0.25) is 9.59 Å². The van der Waals surface area contributed by atoms with Crippen molar-refractivity contribution in [3.05, 3.63) is 29.8 Å². The Hall–Kier alpha value is -1.29. The van der Waals surface area contributed by atoms with Crippen LogP contribution in [-0.4, -0.2) is 35.4 Å². The number of nitrogens with zero attached hydrogens (tertiary/aromatic N) is 1. The summed E-state index contributed by atoms with van der Waals surface area (Å²) in [6.07, 6.45) is 6.67. The van der Waals surface area contributed by atoms with Crippen LogP contribution in [0.4, 0.5) is 0 Å². The number of rotatable bonds is 3. The van der Waals surface area contributed by atoms with Gasteiger partial charge in [0.2, 0.25) is 0 Å². The Morgan fingerprint density at radius 3 is 2.57 bits per heavy atom. The minimum absolute atomic E-state index is 0.0851. The predicted molar refractivity (Wildman–Crippen MR) is 84.6 cm³/mol. The van der Waals surface area contributed by atoms with Crippen molar-refractivity contribution in [1.29, 1.82) is 0 Å². The second kappa shape index (κ2) is 6.22. The van der Waals surface area contributed by atoms with Gasteiger partial charge < -0.3 is 4.90 Å². The number of benzene rings is 1. The molecule has 1 saturated heterocycles. The van der Waals surface area contributed by atoms with Gasteiger partial charge in [0.05, 0.1) is 0 Å². The maximum Gasteiger partial charge on any atom is 0.254 e. The highest BCUT2D eigenvalue weighted by atomic mass is 32.2. The quantitative estimate of drug-likeness (QED) is 0.803. The van der Waals surface area contributed by atoms with Crippen LogP contribution in [0.2, 0.25) is 0 Å². The van der Waals surface area contributed by atoms with Crippen molar-refractivity contribution in [3.63, 3.8) is 0 Å². The van der Waals surface area contributed by atoms with Gasteiger partial charge in [0.1, 0.15) is 5.78 Å². The molecule has 0 spiro atoms. The number of carbonyl (C=O) groups excluding carboxylic acids is 2. The number of likely N-dealkylation sites (tertiary alicyclic amines) is 1. The number of ketones is 1. The van der Waals surface area contributed by atoms with Gasteiger partial charge in [0.25, 0.3) is 5.91 Å². The highest BCUT2D eigenvalue weighted by Crippen LogP contribution is 2.34. The Bertz CT molecular complexity index is 540. The van der Waals surface area contributed by atoms with Crippen molar-refractivity contribution in [2.45, 2.75) is 43.0 Å². The van der Waals surface area contributed by atoms with Gasteiger partial charge in [-0.05, 0) is 56.2 Å². The summed E-state index contributed by atoms with van der Waals surface area (Å²) in [7, 11) is 0. The predicted octanol–water partition coefficient (Wildman–Crippen LogP) is 3.38. The fourth-order valence-electron chi connectivity index (χ4n) is 3.61. The largest absolute Gasteiger partial charge is 0.335 e. The molecule has 0 radical (unpaired) electrons. The first kappa shape index (κ1) is 14.6. The molecule has 21 heavy (non-hydrogen) atoms. The van der Waals surface area contributed by atoms with Gasteiger partial charge in [-0.1, -0.05) is 0 Å². The van der Waals surface area contributed by atoms with Crippen LogP contribution >= 0.6 is 11.8 Å². The summed E-state index contributed by atoms with van der Waals surface area (Å²) in [5.41, 5.74) is 0.741. The molecule has 2 fully saturated rings. The second-order valence-electron chi connectivity index (χ2n) is 5.90. The molecule has 1 aromatic rings. The minimum Gasteiger partial charge on any atom is -0.335 e. The average Bonchev–Trinajstić information content (AvgIpc) is 3.14. The van der Waals surface area contributed by atoms with Gasteiger partial charge in [-0.15, -0.1) is 11.8 Å². The van der Waals surface area contributed by atoms with E-state index in [4.69, 9.17) is 0 Å². The van der Waals surface area contributed by atoms with E-state index in [0.717, 1.165) is 42.7 Å². The maximum atomic E-state index is 12.7. The number of carbonyl (C=O) groups is 2. The fourth-order valence-corrected chi connectivity index (χ4v) is 4.02. The van der Waals surface area contributed by atoms with E-state index in [-0.39, 0.29) is 17.9 Å². The number of hydrogen-bond acceptors (Lipinski definition) is 3. The summed E-state index contributed by atoms with van der Waals surface area (Å²) >= 11 is 1.67. The molecular weight excluding hydrogens is 282 g/mol. The lowest BCUT2D eigenvalue weighted by atomic mass is 9.94. The van der Waals surface area contributed by atoms with E-state index in [2.05, 4.69) is 0 Å². The van der Waals surface area contributed by atoms with Crippen LogP contribution < -0.4 is 0 Å². The molecule has 0 bridgehead atoms. The Balaban J connectivity index is 1.77. The first-order chi connectivity index (χ1) is 10.2. The highest BCUT2D eigenvalue weighted by Gasteiger charge is 2.40. The Labute approximate surface area is 130 Å². The van der Waals surface area contributed by atoms with Crippen LogP contribution in [0.15, 0.2) is 29.2 Å². The van der Waals surface area contributed by atoms with Gasteiger partial charge >= 0.3 is 0 Å². The van der Waals surface area contributed by atoms with Crippen molar-refractivity contribution in [2.24, 2.45) is 5.92 Å². The first-order valence-corrected chi connectivity index (χ1v) is 8.91. The molecule has 2 unspecified atom stereocenters. The van der Waals surface area contributed by atoms with E-state index in [0.29, 0.717) is 12.2 Å². The molecule has 4 heteroatoms. The molecule has 3 nitrogen and oxygen atoms in total. The smallest absolute Gasteiger partial charge is 0.254 e. The molecular formula is C17H21NO2S. The SMILES string of the molecule is CSc1ccc(C(=O)N2CCCC2C2CCCC2=O)cc1. The zero-order chi connectivity index (χ0) is 14.8. The maximum absolute atomic E-state index is 12.7. The summed E-state index contributed by atoms with van der Waals surface area (Å²) in [6, 6.07) is 7.92. The van der Waals surface area contributed by atoms with Crippen LogP contribution in [0.3, 0.4) is 0 Å². The van der Waals surface area contributed by atoms with Crippen molar-refractivity contribution in [3.8, 4) is 0 Å². The molecule has 112 valence electrons. The fraction of sp³-hybridized carbons (Fsp3) is 0.529. The number of Topliss-reactive ketones (excluding diaryl/α,β-unsaturated/α-hetero) is 1. The summed E-state index contributed by atoms with van der Waals surface area (Å²) in [4.78, 5) is 27.8. The number of thioether (sulfide) groups is 1. The monoisotopic (exact) mass is 303 g/mol. The summed E-state index contributed by atoms with van der Waals surface area (Å²) in [6.45, 7) is 0.789. The molecule has 1 heterocycles. The van der Waals surface area contributed by atoms with Gasteiger partial charge in [-0.2, -0.15) is 0 Å². The third-order valence-electron chi connectivity index (χ3n) is 4.71. The second-order valence-corrected chi connectivity index (χ2v) is 6.78. The van der Waals surface area contributed by atoms with Crippen LogP contribution in [0.5, 0.6) is 0 Å². The van der Waals surface area contributed by atoms with Crippen molar-refractivity contribution >= 4 is 23.5 Å².